The summed E-state index contributed by atoms with van der Waals surface area (Å²) in [6.07, 6.45) is 3.55. The molecule has 3 nitrogen and oxygen atoms in total. The van der Waals surface area contributed by atoms with Crippen LogP contribution in [0.1, 0.15) is 11.1 Å². The van der Waals surface area contributed by atoms with E-state index in [0.717, 1.165) is 23.4 Å². The minimum atomic E-state index is 0.405. The van der Waals surface area contributed by atoms with Gasteiger partial charge in [0.05, 0.1) is 0 Å². The van der Waals surface area contributed by atoms with E-state index in [9.17, 15) is 0 Å². The number of nitrogens with two attached hydrogens (primary N) is 1. The molecule has 0 spiro atoms. The third-order valence-corrected chi connectivity index (χ3v) is 2.64. The number of pyridine rings is 1. The van der Waals surface area contributed by atoms with E-state index < -0.39 is 0 Å². The van der Waals surface area contributed by atoms with Gasteiger partial charge in [0.1, 0.15) is 4.99 Å². The largest absolute Gasteiger partial charge is 0.389 e. The second-order valence-corrected chi connectivity index (χ2v) is 4.06. The molecule has 4 heteroatoms. The van der Waals surface area contributed by atoms with Crippen molar-refractivity contribution in [1.82, 2.24) is 4.98 Å². The maximum absolute atomic E-state index is 5.66. The number of nitrogens with one attached hydrogen (secondary N) is 1. The highest BCUT2D eigenvalue weighted by Crippen LogP contribution is 2.15. The molecule has 0 aliphatic carbocycles. The molecule has 0 radical (unpaired) electrons. The van der Waals surface area contributed by atoms with E-state index in [2.05, 4.69) is 10.3 Å². The number of rotatable bonds is 4. The second-order valence-electron chi connectivity index (χ2n) is 3.62. The zero-order valence-electron chi connectivity index (χ0n) is 9.26. The number of hydrogen-bond donors (Lipinski definition) is 2. The Bertz CT molecular complexity index is 511. The van der Waals surface area contributed by atoms with E-state index in [1.165, 1.54) is 0 Å². The molecule has 0 fully saturated rings. The zero-order chi connectivity index (χ0) is 12.1. The van der Waals surface area contributed by atoms with Crippen LogP contribution in [-0.2, 0) is 6.54 Å². The number of aromatic nitrogens is 1. The molecule has 1 aromatic heterocycles. The van der Waals surface area contributed by atoms with Crippen LogP contribution in [0, 0.1) is 0 Å². The summed E-state index contributed by atoms with van der Waals surface area (Å²) in [5.74, 6) is 0. The molecule has 1 heterocycles. The van der Waals surface area contributed by atoms with Crippen LogP contribution in [0.2, 0.25) is 0 Å². The van der Waals surface area contributed by atoms with E-state index in [0.29, 0.717) is 4.99 Å². The van der Waals surface area contributed by atoms with Crippen molar-refractivity contribution < 1.29 is 0 Å². The van der Waals surface area contributed by atoms with Crippen molar-refractivity contribution in [2.75, 3.05) is 5.32 Å². The van der Waals surface area contributed by atoms with E-state index in [4.69, 9.17) is 18.0 Å². The Balaban J connectivity index is 2.12. The molecule has 3 N–H and O–H groups in total. The number of nitrogens with zero attached hydrogens (tertiary/aromatic N) is 1. The molecular formula is C13H13N3S. The van der Waals surface area contributed by atoms with Crippen molar-refractivity contribution in [1.29, 1.82) is 0 Å². The van der Waals surface area contributed by atoms with Gasteiger partial charge in [0.25, 0.3) is 0 Å². The quantitative estimate of drug-likeness (QED) is 0.809. The molecule has 0 aliphatic heterocycles. The lowest BCUT2D eigenvalue weighted by atomic mass is 10.1. The maximum Gasteiger partial charge on any atom is 0.106 e. The van der Waals surface area contributed by atoms with Gasteiger partial charge in [0.2, 0.25) is 0 Å². The van der Waals surface area contributed by atoms with Crippen LogP contribution < -0.4 is 11.1 Å². The van der Waals surface area contributed by atoms with Crippen LogP contribution in [0.25, 0.3) is 0 Å². The van der Waals surface area contributed by atoms with Gasteiger partial charge in [-0.2, -0.15) is 0 Å². The summed E-state index contributed by atoms with van der Waals surface area (Å²) in [5.41, 5.74) is 8.66. The molecule has 2 aromatic rings. The van der Waals surface area contributed by atoms with Crippen molar-refractivity contribution in [3.8, 4) is 0 Å². The Morgan fingerprint density at radius 2 is 1.88 bits per heavy atom. The first-order valence-corrected chi connectivity index (χ1v) is 5.70. The molecule has 0 aliphatic rings. The Morgan fingerprint density at radius 3 is 2.59 bits per heavy atom. The number of hydrogen-bond acceptors (Lipinski definition) is 3. The highest BCUT2D eigenvalue weighted by molar-refractivity contribution is 7.80. The summed E-state index contributed by atoms with van der Waals surface area (Å²) in [5, 5.41) is 3.32. The lowest BCUT2D eigenvalue weighted by Gasteiger charge is -2.10. The van der Waals surface area contributed by atoms with Gasteiger partial charge < -0.3 is 11.1 Å². The van der Waals surface area contributed by atoms with Gasteiger partial charge in [0, 0.05) is 30.2 Å². The van der Waals surface area contributed by atoms with Gasteiger partial charge in [-0.25, -0.2) is 0 Å². The summed E-state index contributed by atoms with van der Waals surface area (Å²) in [6.45, 7) is 0.724. The number of para-hydroxylation sites is 1. The third-order valence-electron chi connectivity index (χ3n) is 2.42. The molecule has 0 bridgehead atoms. The summed E-state index contributed by atoms with van der Waals surface area (Å²) in [4.78, 5) is 4.38. The number of thiocarbonyl (C=S) groups is 1. The molecule has 2 rings (SSSR count). The van der Waals surface area contributed by atoms with E-state index in [-0.39, 0.29) is 0 Å². The van der Waals surface area contributed by atoms with Crippen LogP contribution in [0.4, 0.5) is 5.69 Å². The molecule has 0 atom stereocenters. The predicted molar refractivity (Wildman–Crippen MR) is 73.9 cm³/mol. The van der Waals surface area contributed by atoms with Crippen molar-refractivity contribution in [3.05, 3.63) is 59.9 Å². The van der Waals surface area contributed by atoms with Crippen LogP contribution >= 0.6 is 12.2 Å². The minimum absolute atomic E-state index is 0.405. The maximum atomic E-state index is 5.66. The summed E-state index contributed by atoms with van der Waals surface area (Å²) < 4.78 is 0. The predicted octanol–water partition coefficient (Wildman–Crippen LogP) is 2.33. The average Bonchev–Trinajstić information content (AvgIpc) is 2.38. The van der Waals surface area contributed by atoms with Crippen molar-refractivity contribution in [2.45, 2.75) is 6.54 Å². The fourth-order valence-electron chi connectivity index (χ4n) is 1.55. The molecule has 17 heavy (non-hydrogen) atoms. The smallest absolute Gasteiger partial charge is 0.106 e. The zero-order valence-corrected chi connectivity index (χ0v) is 10.1. The summed E-state index contributed by atoms with van der Waals surface area (Å²) >= 11 is 5.01. The molecule has 0 saturated carbocycles. The number of anilines is 1. The molecule has 0 saturated heterocycles. The monoisotopic (exact) mass is 243 g/mol. The first-order valence-electron chi connectivity index (χ1n) is 5.29. The molecule has 86 valence electrons. The fraction of sp³-hybridized carbons (Fsp3) is 0.0769. The Labute approximate surface area is 106 Å². The Hall–Kier alpha value is -1.94. The topological polar surface area (TPSA) is 50.9 Å². The van der Waals surface area contributed by atoms with Gasteiger partial charge in [0.15, 0.2) is 0 Å². The van der Waals surface area contributed by atoms with Crippen molar-refractivity contribution >= 4 is 22.9 Å². The lowest BCUT2D eigenvalue weighted by Crippen LogP contribution is -2.13. The van der Waals surface area contributed by atoms with Gasteiger partial charge >= 0.3 is 0 Å². The van der Waals surface area contributed by atoms with Crippen LogP contribution in [0.15, 0.2) is 48.8 Å². The average molecular weight is 243 g/mol. The minimum Gasteiger partial charge on any atom is -0.389 e. The van der Waals surface area contributed by atoms with Gasteiger partial charge in [-0.05, 0) is 29.8 Å². The highest BCUT2D eigenvalue weighted by Gasteiger charge is 2.03. The van der Waals surface area contributed by atoms with Crippen molar-refractivity contribution in [3.63, 3.8) is 0 Å². The molecule has 1 aromatic carbocycles. The molecule has 0 amide bonds. The first-order chi connectivity index (χ1) is 8.27. The first kappa shape index (κ1) is 11.5. The molecule has 0 unspecified atom stereocenters. The lowest BCUT2D eigenvalue weighted by molar-refractivity contribution is 1.13. The SMILES string of the molecule is NC(=S)c1ccccc1NCc1ccncc1. The Kier molecular flexibility index (Phi) is 3.67. The molecular weight excluding hydrogens is 230 g/mol. The van der Waals surface area contributed by atoms with Crippen molar-refractivity contribution in [2.24, 2.45) is 5.73 Å². The van der Waals surface area contributed by atoms with Gasteiger partial charge in [-0.15, -0.1) is 0 Å². The van der Waals surface area contributed by atoms with E-state index in [1.807, 2.05) is 36.4 Å². The van der Waals surface area contributed by atoms with E-state index in [1.54, 1.807) is 12.4 Å². The highest BCUT2D eigenvalue weighted by atomic mass is 32.1. The summed E-state index contributed by atoms with van der Waals surface area (Å²) in [6, 6.07) is 11.7. The third kappa shape index (κ3) is 3.01. The second kappa shape index (κ2) is 5.41. The fourth-order valence-corrected chi connectivity index (χ4v) is 1.73. The van der Waals surface area contributed by atoms with E-state index >= 15 is 0 Å². The Morgan fingerprint density at radius 1 is 1.18 bits per heavy atom. The van der Waals surface area contributed by atoms with Crippen LogP contribution in [0.5, 0.6) is 0 Å². The van der Waals surface area contributed by atoms with Gasteiger partial charge in [-0.3, -0.25) is 4.98 Å². The van der Waals surface area contributed by atoms with Crippen LogP contribution in [-0.4, -0.2) is 9.97 Å². The van der Waals surface area contributed by atoms with Crippen LogP contribution in [0.3, 0.4) is 0 Å². The normalized spacial score (nSPS) is 9.88. The standard InChI is InChI=1S/C13H13N3S/c14-13(17)11-3-1-2-4-12(11)16-9-10-5-7-15-8-6-10/h1-8,16H,9H2,(H2,14,17). The van der Waals surface area contributed by atoms with Gasteiger partial charge in [-0.1, -0.05) is 24.4 Å². The number of benzene rings is 1. The summed E-state index contributed by atoms with van der Waals surface area (Å²) in [7, 11) is 0.